The van der Waals surface area contributed by atoms with E-state index in [-0.39, 0.29) is 12.3 Å². The molecule has 0 heterocycles. The van der Waals surface area contributed by atoms with Crippen molar-refractivity contribution in [1.82, 2.24) is 16.0 Å². The first-order valence-corrected chi connectivity index (χ1v) is 10.9. The Balaban J connectivity index is 5.45. The Kier molecular flexibility index (Phi) is 12.7. The van der Waals surface area contributed by atoms with E-state index in [1.54, 1.807) is 20.1 Å². The molecule has 0 radical (unpaired) electrons. The highest BCUT2D eigenvalue weighted by atomic mass is 32.2. The van der Waals surface area contributed by atoms with Crippen LogP contribution in [-0.4, -0.2) is 76.0 Å². The van der Waals surface area contributed by atoms with Gasteiger partial charge in [0.15, 0.2) is 0 Å². The summed E-state index contributed by atoms with van der Waals surface area (Å²) in [6, 6.07) is -4.63. The molecule has 7 N–H and O–H groups in total. The van der Waals surface area contributed by atoms with E-state index in [2.05, 4.69) is 16.0 Å². The minimum atomic E-state index is -1.43. The maximum atomic E-state index is 12.7. The van der Waals surface area contributed by atoms with Crippen LogP contribution in [0.5, 0.6) is 0 Å². The number of carboxylic acids is 2. The number of hydrogen-bond acceptors (Lipinski definition) is 7. The molecule has 0 aliphatic rings. The second-order valence-corrected chi connectivity index (χ2v) is 7.99. The molecule has 11 nitrogen and oxygen atoms in total. The van der Waals surface area contributed by atoms with Crippen molar-refractivity contribution in [3.8, 4) is 0 Å². The SMILES string of the molecule is CCC(C)C(NC(=O)C(CCSC)NC(=O)C(CC(=O)O)NC(=O)C(C)N)C(=O)O. The number of nitrogens with one attached hydrogen (secondary N) is 3. The van der Waals surface area contributed by atoms with Crippen LogP contribution >= 0.6 is 11.8 Å². The summed E-state index contributed by atoms with van der Waals surface area (Å²) in [6.45, 7) is 4.85. The highest BCUT2D eigenvalue weighted by Gasteiger charge is 2.32. The van der Waals surface area contributed by atoms with Crippen LogP contribution in [-0.2, 0) is 24.0 Å². The fourth-order valence-electron chi connectivity index (χ4n) is 2.40. The highest BCUT2D eigenvalue weighted by Crippen LogP contribution is 2.10. The van der Waals surface area contributed by atoms with E-state index in [0.29, 0.717) is 12.2 Å². The van der Waals surface area contributed by atoms with Crippen molar-refractivity contribution in [2.75, 3.05) is 12.0 Å². The van der Waals surface area contributed by atoms with Crippen molar-refractivity contribution in [2.45, 2.75) is 64.2 Å². The predicted octanol–water partition coefficient (Wildman–Crippen LogP) is -0.853. The summed E-state index contributed by atoms with van der Waals surface area (Å²) in [7, 11) is 0. The van der Waals surface area contributed by atoms with Crippen LogP contribution in [0, 0.1) is 5.92 Å². The molecule has 5 atom stereocenters. The summed E-state index contributed by atoms with van der Waals surface area (Å²) in [4.78, 5) is 59.6. The fourth-order valence-corrected chi connectivity index (χ4v) is 2.87. The van der Waals surface area contributed by atoms with E-state index < -0.39 is 60.2 Å². The lowest BCUT2D eigenvalue weighted by atomic mass is 9.98. The van der Waals surface area contributed by atoms with E-state index in [9.17, 15) is 29.1 Å². The molecule has 172 valence electrons. The molecular formula is C18H32N4O7S. The van der Waals surface area contributed by atoms with Crippen LogP contribution < -0.4 is 21.7 Å². The Morgan fingerprint density at radius 2 is 1.47 bits per heavy atom. The van der Waals surface area contributed by atoms with Gasteiger partial charge in [0, 0.05) is 0 Å². The number of amides is 3. The van der Waals surface area contributed by atoms with E-state index >= 15 is 0 Å². The molecule has 3 amide bonds. The van der Waals surface area contributed by atoms with E-state index in [1.165, 1.54) is 18.7 Å². The maximum Gasteiger partial charge on any atom is 0.326 e. The normalized spacial score (nSPS) is 15.8. The molecule has 0 saturated carbocycles. The van der Waals surface area contributed by atoms with Gasteiger partial charge in [0.25, 0.3) is 0 Å². The van der Waals surface area contributed by atoms with Crippen molar-refractivity contribution in [3.05, 3.63) is 0 Å². The van der Waals surface area contributed by atoms with Gasteiger partial charge >= 0.3 is 11.9 Å². The zero-order valence-electron chi connectivity index (χ0n) is 17.6. The lowest BCUT2D eigenvalue weighted by Crippen LogP contribution is -2.58. The summed E-state index contributed by atoms with van der Waals surface area (Å²) >= 11 is 1.42. The third kappa shape index (κ3) is 9.92. The molecule has 0 aliphatic carbocycles. The number of carbonyl (C=O) groups is 5. The third-order valence-electron chi connectivity index (χ3n) is 4.45. The molecule has 0 aromatic heterocycles. The van der Waals surface area contributed by atoms with Crippen LogP contribution in [0.1, 0.15) is 40.0 Å². The Morgan fingerprint density at radius 1 is 0.933 bits per heavy atom. The summed E-state index contributed by atoms with van der Waals surface area (Å²) in [5.41, 5.74) is 5.44. The zero-order valence-corrected chi connectivity index (χ0v) is 18.5. The zero-order chi connectivity index (χ0) is 23.4. The van der Waals surface area contributed by atoms with Gasteiger partial charge in [-0.2, -0.15) is 11.8 Å². The Bertz CT molecular complexity index is 630. The standard InChI is InChI=1S/C18H32N4O7S/c1-5-9(2)14(18(28)29)22-16(26)11(6-7-30-4)20-17(27)12(8-13(23)24)21-15(25)10(3)19/h9-12,14H,5-8,19H2,1-4H3,(H,20,27)(H,21,25)(H,22,26)(H,23,24)(H,28,29). The topological polar surface area (TPSA) is 188 Å². The molecule has 30 heavy (non-hydrogen) atoms. The lowest BCUT2D eigenvalue weighted by Gasteiger charge is -2.26. The largest absolute Gasteiger partial charge is 0.481 e. The minimum Gasteiger partial charge on any atom is -0.481 e. The molecule has 0 fully saturated rings. The first kappa shape index (κ1) is 27.7. The number of rotatable bonds is 14. The van der Waals surface area contributed by atoms with Crippen LogP contribution in [0.4, 0.5) is 0 Å². The lowest BCUT2D eigenvalue weighted by molar-refractivity contribution is -0.144. The van der Waals surface area contributed by atoms with Gasteiger partial charge < -0.3 is 31.9 Å². The van der Waals surface area contributed by atoms with Gasteiger partial charge in [-0.25, -0.2) is 4.79 Å². The molecule has 12 heteroatoms. The number of thioether (sulfide) groups is 1. The number of nitrogens with two attached hydrogens (primary N) is 1. The Labute approximate surface area is 179 Å². The third-order valence-corrected chi connectivity index (χ3v) is 5.09. The van der Waals surface area contributed by atoms with Gasteiger partial charge in [0.05, 0.1) is 12.5 Å². The molecule has 0 aliphatic heterocycles. The quantitative estimate of drug-likeness (QED) is 0.197. The molecule has 0 aromatic rings. The number of carbonyl (C=O) groups excluding carboxylic acids is 3. The second-order valence-electron chi connectivity index (χ2n) is 7.00. The maximum absolute atomic E-state index is 12.7. The molecule has 0 rings (SSSR count). The molecular weight excluding hydrogens is 416 g/mol. The molecule has 0 aromatic carbocycles. The smallest absolute Gasteiger partial charge is 0.326 e. The van der Waals surface area contributed by atoms with E-state index in [0.717, 1.165) is 0 Å². The van der Waals surface area contributed by atoms with Crippen molar-refractivity contribution < 1.29 is 34.2 Å². The molecule has 0 saturated heterocycles. The Hall–Kier alpha value is -2.34. The summed E-state index contributed by atoms with van der Waals surface area (Å²) < 4.78 is 0. The monoisotopic (exact) mass is 448 g/mol. The fraction of sp³-hybridized carbons (Fsp3) is 0.722. The van der Waals surface area contributed by atoms with Crippen LogP contribution in [0.2, 0.25) is 0 Å². The van der Waals surface area contributed by atoms with Crippen molar-refractivity contribution >= 4 is 41.4 Å². The summed E-state index contributed by atoms with van der Waals surface area (Å²) in [6.07, 6.45) is 1.80. The van der Waals surface area contributed by atoms with Gasteiger partial charge in [-0.05, 0) is 31.3 Å². The van der Waals surface area contributed by atoms with Gasteiger partial charge in [-0.15, -0.1) is 0 Å². The Morgan fingerprint density at radius 3 is 1.90 bits per heavy atom. The van der Waals surface area contributed by atoms with Crippen molar-refractivity contribution in [2.24, 2.45) is 11.7 Å². The summed E-state index contributed by atoms with van der Waals surface area (Å²) in [5.74, 6) is -4.66. The first-order valence-electron chi connectivity index (χ1n) is 9.54. The predicted molar refractivity (Wildman–Crippen MR) is 112 cm³/mol. The van der Waals surface area contributed by atoms with Crippen LogP contribution in [0.25, 0.3) is 0 Å². The van der Waals surface area contributed by atoms with Crippen molar-refractivity contribution in [3.63, 3.8) is 0 Å². The summed E-state index contributed by atoms with van der Waals surface area (Å²) in [5, 5.41) is 25.5. The van der Waals surface area contributed by atoms with Gasteiger partial charge in [-0.1, -0.05) is 20.3 Å². The number of carboxylic acid groups (broad SMARTS) is 2. The number of aliphatic carboxylic acids is 2. The average Bonchev–Trinajstić information content (AvgIpc) is 2.66. The average molecular weight is 449 g/mol. The van der Waals surface area contributed by atoms with E-state index in [1.807, 2.05) is 0 Å². The first-order chi connectivity index (χ1) is 13.9. The highest BCUT2D eigenvalue weighted by molar-refractivity contribution is 7.98. The van der Waals surface area contributed by atoms with Gasteiger partial charge in [0.2, 0.25) is 17.7 Å². The van der Waals surface area contributed by atoms with Gasteiger partial charge in [0.1, 0.15) is 18.1 Å². The second kappa shape index (κ2) is 13.8. The van der Waals surface area contributed by atoms with Gasteiger partial charge in [-0.3, -0.25) is 19.2 Å². The number of hydrogen-bond donors (Lipinski definition) is 6. The molecule has 0 bridgehead atoms. The molecule has 5 unspecified atom stereocenters. The van der Waals surface area contributed by atoms with Crippen molar-refractivity contribution in [1.29, 1.82) is 0 Å². The minimum absolute atomic E-state index is 0.187. The van der Waals surface area contributed by atoms with Crippen LogP contribution in [0.3, 0.4) is 0 Å². The van der Waals surface area contributed by atoms with E-state index in [4.69, 9.17) is 10.8 Å². The van der Waals surface area contributed by atoms with Crippen LogP contribution in [0.15, 0.2) is 0 Å². The molecule has 0 spiro atoms.